The minimum atomic E-state index is -0.0602. The number of hydrogen-bond donors (Lipinski definition) is 3. The van der Waals surface area contributed by atoms with Gasteiger partial charge in [-0.15, -0.1) is 0 Å². The second kappa shape index (κ2) is 5.61. The molecule has 0 aromatic heterocycles. The minimum absolute atomic E-state index is 0.0602. The first-order valence-electron chi connectivity index (χ1n) is 5.31. The number of thiol groups is 1. The van der Waals surface area contributed by atoms with Crippen molar-refractivity contribution >= 4 is 18.5 Å². The van der Waals surface area contributed by atoms with Gasteiger partial charge in [0.2, 0.25) is 5.91 Å². The first kappa shape index (κ1) is 11.9. The first-order chi connectivity index (χ1) is 6.65. The highest BCUT2D eigenvalue weighted by Gasteiger charge is 2.30. The Morgan fingerprint density at radius 3 is 2.43 bits per heavy atom. The lowest BCUT2D eigenvalue weighted by atomic mass is 9.97. The molecule has 82 valence electrons. The van der Waals surface area contributed by atoms with E-state index >= 15 is 0 Å². The molecule has 1 rings (SSSR count). The van der Waals surface area contributed by atoms with Gasteiger partial charge < -0.3 is 5.32 Å². The van der Waals surface area contributed by atoms with Gasteiger partial charge in [0.25, 0.3) is 0 Å². The van der Waals surface area contributed by atoms with Crippen LogP contribution in [0.4, 0.5) is 0 Å². The van der Waals surface area contributed by atoms with Crippen molar-refractivity contribution < 1.29 is 4.79 Å². The van der Waals surface area contributed by atoms with Crippen LogP contribution in [0, 0.1) is 5.92 Å². The summed E-state index contributed by atoms with van der Waals surface area (Å²) < 4.78 is 0. The van der Waals surface area contributed by atoms with Crippen LogP contribution in [0.25, 0.3) is 0 Å². The van der Waals surface area contributed by atoms with Crippen LogP contribution in [0.1, 0.15) is 32.6 Å². The van der Waals surface area contributed by atoms with Gasteiger partial charge >= 0.3 is 0 Å². The van der Waals surface area contributed by atoms with E-state index in [2.05, 4.69) is 23.3 Å². The van der Waals surface area contributed by atoms with Crippen LogP contribution in [0.2, 0.25) is 0 Å². The smallest absolute Gasteiger partial charge is 0.237 e. The summed E-state index contributed by atoms with van der Waals surface area (Å²) in [5, 5.41) is 6.00. The molecule has 14 heavy (non-hydrogen) atoms. The molecule has 0 radical (unpaired) electrons. The van der Waals surface area contributed by atoms with E-state index in [4.69, 9.17) is 0 Å². The van der Waals surface area contributed by atoms with Crippen molar-refractivity contribution in [3.8, 4) is 0 Å². The molecular weight excluding hydrogens is 196 g/mol. The second-order valence-electron chi connectivity index (χ2n) is 3.98. The molecule has 0 aliphatic heterocycles. The highest BCUT2D eigenvalue weighted by atomic mass is 32.1. The van der Waals surface area contributed by atoms with Gasteiger partial charge in [0.15, 0.2) is 0 Å². The van der Waals surface area contributed by atoms with E-state index in [1.807, 2.05) is 6.92 Å². The van der Waals surface area contributed by atoms with E-state index in [1.165, 1.54) is 12.8 Å². The van der Waals surface area contributed by atoms with Crippen LogP contribution >= 0.6 is 12.6 Å². The third-order valence-corrected chi connectivity index (χ3v) is 2.97. The Morgan fingerprint density at radius 2 is 2.00 bits per heavy atom. The van der Waals surface area contributed by atoms with Gasteiger partial charge in [-0.3, -0.25) is 10.1 Å². The van der Waals surface area contributed by atoms with Crippen molar-refractivity contribution in [3.05, 3.63) is 0 Å². The van der Waals surface area contributed by atoms with Crippen LogP contribution in [0.15, 0.2) is 0 Å². The summed E-state index contributed by atoms with van der Waals surface area (Å²) >= 11 is 4.27. The van der Waals surface area contributed by atoms with Crippen molar-refractivity contribution in [1.29, 1.82) is 0 Å². The Balaban J connectivity index is 2.55. The molecule has 0 aromatic carbocycles. The zero-order valence-electron chi connectivity index (χ0n) is 8.92. The van der Waals surface area contributed by atoms with Crippen molar-refractivity contribution in [1.82, 2.24) is 10.6 Å². The maximum Gasteiger partial charge on any atom is 0.237 e. The van der Waals surface area contributed by atoms with Crippen molar-refractivity contribution in [2.45, 2.75) is 44.0 Å². The van der Waals surface area contributed by atoms with Gasteiger partial charge in [0, 0.05) is 12.4 Å². The van der Waals surface area contributed by atoms with Gasteiger partial charge in [0.1, 0.15) is 0 Å². The average Bonchev–Trinajstić information content (AvgIpc) is 2.65. The van der Waals surface area contributed by atoms with Crippen LogP contribution in [-0.2, 0) is 4.79 Å². The van der Waals surface area contributed by atoms with Gasteiger partial charge in [-0.05, 0) is 25.7 Å². The second-order valence-corrected chi connectivity index (χ2v) is 4.75. The van der Waals surface area contributed by atoms with E-state index in [0.717, 1.165) is 12.8 Å². The van der Waals surface area contributed by atoms with Crippen molar-refractivity contribution in [2.75, 3.05) is 7.05 Å². The molecule has 1 fully saturated rings. The normalized spacial score (nSPS) is 21.9. The molecule has 1 aliphatic carbocycles. The molecule has 3 nitrogen and oxygen atoms in total. The third-order valence-electron chi connectivity index (χ3n) is 2.82. The summed E-state index contributed by atoms with van der Waals surface area (Å²) in [4.78, 5) is 11.6. The molecule has 0 spiro atoms. The molecule has 0 saturated heterocycles. The Labute approximate surface area is 91.4 Å². The lowest BCUT2D eigenvalue weighted by Gasteiger charge is -2.24. The van der Waals surface area contributed by atoms with Gasteiger partial charge in [-0.25, -0.2) is 0 Å². The number of carbonyl (C=O) groups excluding carboxylic acids is 1. The number of carbonyl (C=O) groups is 1. The zero-order valence-corrected chi connectivity index (χ0v) is 9.81. The summed E-state index contributed by atoms with van der Waals surface area (Å²) in [6.07, 6.45) is 4.82. The maximum atomic E-state index is 11.6. The van der Waals surface area contributed by atoms with Gasteiger partial charge in [-0.2, -0.15) is 12.6 Å². The number of nitrogens with one attached hydrogen (secondary N) is 2. The quantitative estimate of drug-likeness (QED) is 0.487. The molecule has 1 saturated carbocycles. The van der Waals surface area contributed by atoms with Gasteiger partial charge in [-0.1, -0.05) is 12.8 Å². The van der Waals surface area contributed by atoms with E-state index in [0.29, 0.717) is 5.92 Å². The predicted molar refractivity (Wildman–Crippen MR) is 61.4 cm³/mol. The molecule has 2 N–H and O–H groups in total. The number of hydrogen-bond acceptors (Lipinski definition) is 3. The fourth-order valence-electron chi connectivity index (χ4n) is 2.13. The standard InChI is InChI=1S/C10H20N2OS/c1-7(14)12-9(10(13)11-2)8-5-3-4-6-8/h7-9,12,14H,3-6H2,1-2H3,(H,11,13)/t7?,9-/m1/s1. The molecule has 0 bridgehead atoms. The lowest BCUT2D eigenvalue weighted by molar-refractivity contribution is -0.124. The minimum Gasteiger partial charge on any atom is -0.358 e. The summed E-state index contributed by atoms with van der Waals surface area (Å²) in [5.41, 5.74) is 0. The highest BCUT2D eigenvalue weighted by molar-refractivity contribution is 7.80. The summed E-state index contributed by atoms with van der Waals surface area (Å²) in [7, 11) is 1.69. The van der Waals surface area contributed by atoms with Crippen LogP contribution in [0.5, 0.6) is 0 Å². The number of amides is 1. The predicted octanol–water partition coefficient (Wildman–Crippen LogP) is 1.16. The monoisotopic (exact) mass is 216 g/mol. The van der Waals surface area contributed by atoms with Crippen LogP contribution in [0.3, 0.4) is 0 Å². The summed E-state index contributed by atoms with van der Waals surface area (Å²) in [6, 6.07) is -0.0602. The van der Waals surface area contributed by atoms with E-state index in [9.17, 15) is 4.79 Å². The van der Waals surface area contributed by atoms with E-state index in [-0.39, 0.29) is 17.3 Å². The molecule has 0 aromatic rings. The molecule has 1 unspecified atom stereocenters. The summed E-state index contributed by atoms with van der Waals surface area (Å²) in [5.74, 6) is 0.586. The van der Waals surface area contributed by atoms with Crippen LogP contribution in [-0.4, -0.2) is 24.4 Å². The lowest BCUT2D eigenvalue weighted by Crippen LogP contribution is -2.49. The molecular formula is C10H20N2OS. The fraction of sp³-hybridized carbons (Fsp3) is 0.900. The third kappa shape index (κ3) is 3.17. The van der Waals surface area contributed by atoms with E-state index in [1.54, 1.807) is 7.05 Å². The fourth-order valence-corrected chi connectivity index (χ4v) is 2.29. The van der Waals surface area contributed by atoms with Gasteiger partial charge in [0.05, 0.1) is 6.04 Å². The average molecular weight is 216 g/mol. The van der Waals surface area contributed by atoms with Crippen molar-refractivity contribution in [2.24, 2.45) is 5.92 Å². The Kier molecular flexibility index (Phi) is 4.75. The SMILES string of the molecule is CNC(=O)[C@H](NC(C)S)C1CCCC1. The van der Waals surface area contributed by atoms with Crippen LogP contribution < -0.4 is 10.6 Å². The molecule has 1 aliphatic rings. The maximum absolute atomic E-state index is 11.6. The Bertz CT molecular complexity index is 191. The molecule has 0 heterocycles. The van der Waals surface area contributed by atoms with E-state index < -0.39 is 0 Å². The Morgan fingerprint density at radius 1 is 1.43 bits per heavy atom. The van der Waals surface area contributed by atoms with Crippen molar-refractivity contribution in [3.63, 3.8) is 0 Å². The largest absolute Gasteiger partial charge is 0.358 e. The molecule has 2 atom stereocenters. The number of likely N-dealkylation sites (N-methyl/N-ethyl adjacent to an activating group) is 1. The highest BCUT2D eigenvalue weighted by Crippen LogP contribution is 2.28. The topological polar surface area (TPSA) is 41.1 Å². The molecule has 4 heteroatoms. The molecule has 1 amide bonds. The first-order valence-corrected chi connectivity index (χ1v) is 5.82. The number of rotatable bonds is 4. The summed E-state index contributed by atoms with van der Waals surface area (Å²) in [6.45, 7) is 1.95. The zero-order chi connectivity index (χ0) is 10.6. The Hall–Kier alpha value is -0.220.